The minimum atomic E-state index is -0.748. The Labute approximate surface area is 291 Å². The molecule has 244 valence electrons. The third-order valence-electron chi connectivity index (χ3n) is 7.71. The molecule has 5 aromatic carbocycles. The predicted octanol–water partition coefficient (Wildman–Crippen LogP) is 8.97. The maximum absolute atomic E-state index is 14.1. The molecule has 6 rings (SSSR count). The number of fused-ring (bicyclic) bond motifs is 1. The van der Waals surface area contributed by atoms with Crippen molar-refractivity contribution in [3.63, 3.8) is 0 Å². The summed E-state index contributed by atoms with van der Waals surface area (Å²) in [5, 5.41) is 10.2. The molecule has 0 spiro atoms. The van der Waals surface area contributed by atoms with Crippen LogP contribution in [0.5, 0.6) is 0 Å². The molecule has 0 aliphatic rings. The van der Waals surface area contributed by atoms with Gasteiger partial charge < -0.3 is 20.7 Å². The highest BCUT2D eigenvalue weighted by Crippen LogP contribution is 2.40. The summed E-state index contributed by atoms with van der Waals surface area (Å²) >= 11 is 2.30. The Morgan fingerprint density at radius 3 is 2.06 bits per heavy atom. The van der Waals surface area contributed by atoms with Gasteiger partial charge in [0.1, 0.15) is 10.3 Å². The van der Waals surface area contributed by atoms with E-state index in [1.54, 1.807) is 43.3 Å². The first-order valence-electron chi connectivity index (χ1n) is 15.3. The number of rotatable bonds is 10. The highest BCUT2D eigenvalue weighted by Gasteiger charge is 2.29. The number of amides is 3. The number of carbonyl (C=O) groups is 4. The van der Waals surface area contributed by atoms with Gasteiger partial charge in [0.25, 0.3) is 11.8 Å². The summed E-state index contributed by atoms with van der Waals surface area (Å²) in [6.45, 7) is 1.65. The number of hydrogen-bond acceptors (Lipinski definition) is 7. The number of ether oxygens (including phenoxy) is 1. The second kappa shape index (κ2) is 15.0. The number of para-hydroxylation sites is 1. The second-order valence-corrected chi connectivity index (χ2v) is 13.2. The first-order chi connectivity index (χ1) is 23.8. The van der Waals surface area contributed by atoms with E-state index in [-0.39, 0.29) is 21.3 Å². The van der Waals surface area contributed by atoms with Crippen molar-refractivity contribution in [1.29, 1.82) is 0 Å². The third kappa shape index (κ3) is 7.72. The van der Waals surface area contributed by atoms with Gasteiger partial charge in [-0.25, -0.2) is 4.79 Å². The summed E-state index contributed by atoms with van der Waals surface area (Å²) < 4.78 is 5.03. The number of thiophene rings is 1. The smallest absolute Gasteiger partial charge is 0.341 e. The van der Waals surface area contributed by atoms with Crippen molar-refractivity contribution in [2.75, 3.05) is 23.1 Å². The molecule has 1 heterocycles. The normalized spacial score (nSPS) is 11.4. The average molecular weight is 686 g/mol. The summed E-state index contributed by atoms with van der Waals surface area (Å²) in [6.07, 6.45) is 0. The van der Waals surface area contributed by atoms with E-state index < -0.39 is 23.0 Å². The fourth-order valence-corrected chi connectivity index (χ4v) is 7.45. The van der Waals surface area contributed by atoms with Crippen LogP contribution < -0.4 is 16.0 Å². The number of esters is 1. The van der Waals surface area contributed by atoms with E-state index in [1.165, 1.54) is 18.9 Å². The summed E-state index contributed by atoms with van der Waals surface area (Å²) in [6, 6.07) is 38.9. The molecule has 10 heteroatoms. The standard InChI is InChI=1S/C39H31N3O5S2/c1-24-32(39(46)47-2)38(49-33(24)36(44)40-29-16-7-4-8-17-29)42-37(45)34(26-13-5-3-6-14-26)48-31-19-11-18-30(23-31)41-35(43)28-21-20-25-12-9-10-15-27(25)22-28/h3-23,34H,1-2H3,(H,40,44)(H,41,43)(H,42,45). The van der Waals surface area contributed by atoms with Gasteiger partial charge in [-0.2, -0.15) is 0 Å². The zero-order valence-electron chi connectivity index (χ0n) is 26.6. The first-order valence-corrected chi connectivity index (χ1v) is 17.0. The van der Waals surface area contributed by atoms with Crippen LogP contribution in [0.15, 0.2) is 132 Å². The van der Waals surface area contributed by atoms with Crippen molar-refractivity contribution in [3.05, 3.63) is 155 Å². The summed E-state index contributed by atoms with van der Waals surface area (Å²) in [5.41, 5.74) is 2.95. The molecule has 0 saturated heterocycles. The third-order valence-corrected chi connectivity index (χ3v) is 10.2. The van der Waals surface area contributed by atoms with Gasteiger partial charge >= 0.3 is 5.97 Å². The molecule has 6 aromatic rings. The van der Waals surface area contributed by atoms with Crippen LogP contribution in [0, 0.1) is 6.92 Å². The van der Waals surface area contributed by atoms with Crippen molar-refractivity contribution in [2.24, 2.45) is 0 Å². The van der Waals surface area contributed by atoms with Crippen LogP contribution in [0.3, 0.4) is 0 Å². The zero-order valence-corrected chi connectivity index (χ0v) is 28.2. The fraction of sp³-hybridized carbons (Fsp3) is 0.0769. The molecule has 1 atom stereocenters. The molecule has 8 nitrogen and oxygen atoms in total. The van der Waals surface area contributed by atoms with E-state index in [4.69, 9.17) is 4.74 Å². The van der Waals surface area contributed by atoms with Crippen LogP contribution in [-0.2, 0) is 9.53 Å². The number of carbonyl (C=O) groups excluding carboxylic acids is 4. The lowest BCUT2D eigenvalue weighted by Gasteiger charge is -2.18. The summed E-state index contributed by atoms with van der Waals surface area (Å²) in [5.74, 6) is -1.72. The Bertz CT molecular complexity index is 2170. The van der Waals surface area contributed by atoms with Crippen molar-refractivity contribution in [3.8, 4) is 0 Å². The molecule has 0 bridgehead atoms. The number of hydrogen-bond donors (Lipinski definition) is 3. The largest absolute Gasteiger partial charge is 0.465 e. The van der Waals surface area contributed by atoms with E-state index in [9.17, 15) is 19.2 Å². The highest BCUT2D eigenvalue weighted by atomic mass is 32.2. The minimum Gasteiger partial charge on any atom is -0.465 e. The van der Waals surface area contributed by atoms with Gasteiger partial charge in [-0.05, 0) is 71.3 Å². The summed E-state index contributed by atoms with van der Waals surface area (Å²) in [7, 11) is 1.25. The highest BCUT2D eigenvalue weighted by molar-refractivity contribution is 8.00. The molecule has 0 aliphatic carbocycles. The summed E-state index contributed by atoms with van der Waals surface area (Å²) in [4.78, 5) is 54.4. The first kappa shape index (κ1) is 33.2. The zero-order chi connectivity index (χ0) is 34.3. The minimum absolute atomic E-state index is 0.120. The van der Waals surface area contributed by atoms with E-state index in [2.05, 4.69) is 16.0 Å². The molecule has 0 saturated carbocycles. The molecule has 3 N–H and O–H groups in total. The SMILES string of the molecule is COC(=O)c1c(NC(=O)C(Sc2cccc(NC(=O)c3ccc4ccccc4c3)c2)c2ccccc2)sc(C(=O)Nc2ccccc2)c1C. The maximum Gasteiger partial charge on any atom is 0.341 e. The molecule has 0 fully saturated rings. The van der Waals surface area contributed by atoms with Crippen LogP contribution in [0.1, 0.15) is 46.8 Å². The van der Waals surface area contributed by atoms with Crippen LogP contribution in [0.2, 0.25) is 0 Å². The fourth-order valence-electron chi connectivity index (χ4n) is 5.27. The van der Waals surface area contributed by atoms with Crippen LogP contribution in [0.25, 0.3) is 10.8 Å². The molecule has 49 heavy (non-hydrogen) atoms. The van der Waals surface area contributed by atoms with Crippen molar-refractivity contribution in [1.82, 2.24) is 0 Å². The van der Waals surface area contributed by atoms with Crippen LogP contribution >= 0.6 is 23.1 Å². The van der Waals surface area contributed by atoms with Crippen LogP contribution in [0.4, 0.5) is 16.4 Å². The topological polar surface area (TPSA) is 114 Å². The van der Waals surface area contributed by atoms with Crippen molar-refractivity contribution >= 4 is 73.9 Å². The lowest BCUT2D eigenvalue weighted by molar-refractivity contribution is -0.115. The Morgan fingerprint density at radius 2 is 1.33 bits per heavy atom. The molecular weight excluding hydrogens is 655 g/mol. The number of thioether (sulfide) groups is 1. The Morgan fingerprint density at radius 1 is 0.673 bits per heavy atom. The van der Waals surface area contributed by atoms with Crippen LogP contribution in [-0.4, -0.2) is 30.8 Å². The lowest BCUT2D eigenvalue weighted by atomic mass is 10.1. The van der Waals surface area contributed by atoms with Gasteiger partial charge in [0.2, 0.25) is 5.91 Å². The van der Waals surface area contributed by atoms with E-state index in [0.29, 0.717) is 22.5 Å². The monoisotopic (exact) mass is 685 g/mol. The van der Waals surface area contributed by atoms with Crippen molar-refractivity contribution < 1.29 is 23.9 Å². The molecule has 3 amide bonds. The van der Waals surface area contributed by atoms with Gasteiger partial charge in [0.05, 0.1) is 17.6 Å². The number of benzene rings is 5. The van der Waals surface area contributed by atoms with E-state index in [1.807, 2.05) is 91.0 Å². The molecule has 0 aliphatic heterocycles. The molecule has 0 radical (unpaired) electrons. The predicted molar refractivity (Wildman–Crippen MR) is 197 cm³/mol. The number of nitrogens with one attached hydrogen (secondary N) is 3. The van der Waals surface area contributed by atoms with E-state index >= 15 is 0 Å². The number of anilines is 3. The second-order valence-electron chi connectivity index (χ2n) is 11.0. The molecular formula is C39H31N3O5S2. The Hall–Kier alpha value is -5.71. The van der Waals surface area contributed by atoms with Gasteiger partial charge in [-0.15, -0.1) is 23.1 Å². The Kier molecular flexibility index (Phi) is 10.2. The van der Waals surface area contributed by atoms with Crippen molar-refractivity contribution in [2.45, 2.75) is 17.1 Å². The van der Waals surface area contributed by atoms with Gasteiger partial charge in [-0.1, -0.05) is 84.9 Å². The van der Waals surface area contributed by atoms with Gasteiger partial charge in [0, 0.05) is 21.8 Å². The van der Waals surface area contributed by atoms with Gasteiger partial charge in [-0.3, -0.25) is 14.4 Å². The van der Waals surface area contributed by atoms with Gasteiger partial charge in [0.15, 0.2) is 0 Å². The average Bonchev–Trinajstić information content (AvgIpc) is 3.46. The number of methoxy groups -OCH3 is 1. The quantitative estimate of drug-likeness (QED) is 0.0980. The Balaban J connectivity index is 1.25. The maximum atomic E-state index is 14.1. The molecule has 1 unspecified atom stereocenters. The lowest BCUT2D eigenvalue weighted by Crippen LogP contribution is -2.20. The van der Waals surface area contributed by atoms with E-state index in [0.717, 1.165) is 32.6 Å². The molecule has 1 aromatic heterocycles.